The number of anilines is 1. The Hall–Kier alpha value is -1.21. The Kier molecular flexibility index (Phi) is 8.09. The second-order valence-corrected chi connectivity index (χ2v) is 5.98. The minimum absolute atomic E-state index is 0.0767. The second-order valence-electron chi connectivity index (χ2n) is 5.19. The minimum Gasteiger partial charge on any atom is -0.488 e. The number of carbonyl (C=O) groups excluding carboxylic acids is 1. The summed E-state index contributed by atoms with van der Waals surface area (Å²) >= 11 is 11.3. The molecule has 3 nitrogen and oxygen atoms in total. The molecule has 1 amide bonds. The summed E-state index contributed by atoms with van der Waals surface area (Å²) in [4.78, 5) is 11.8. The summed E-state index contributed by atoms with van der Waals surface area (Å²) in [7, 11) is 0. The fourth-order valence-electron chi connectivity index (χ4n) is 1.87. The largest absolute Gasteiger partial charge is 0.488 e. The maximum atomic E-state index is 12.8. The molecule has 0 aromatic heterocycles. The van der Waals surface area contributed by atoms with Crippen LogP contribution >= 0.6 is 23.2 Å². The standard InChI is InChI=1S/C15H17Cl2F4NO2/c1-9(8-18)24-11-2-3-13(12(17)7-11)22-14(23)6-10(4-5-16)15(19,20)21/h2-3,7,9-10H,4-6,8H2,1H3,(H,22,23). The number of alkyl halides is 5. The van der Waals surface area contributed by atoms with Crippen LogP contribution in [0.2, 0.25) is 5.02 Å². The third-order valence-corrected chi connectivity index (χ3v) is 3.65. The molecular weight excluding hydrogens is 373 g/mol. The molecule has 24 heavy (non-hydrogen) atoms. The molecule has 2 atom stereocenters. The first kappa shape index (κ1) is 20.8. The van der Waals surface area contributed by atoms with Crippen molar-refractivity contribution in [1.82, 2.24) is 0 Å². The lowest BCUT2D eigenvalue weighted by molar-refractivity contribution is -0.178. The summed E-state index contributed by atoms with van der Waals surface area (Å²) in [6.45, 7) is 0.841. The molecule has 0 bridgehead atoms. The first-order chi connectivity index (χ1) is 11.2. The molecule has 0 spiro atoms. The zero-order valence-electron chi connectivity index (χ0n) is 12.8. The molecule has 9 heteroatoms. The van der Waals surface area contributed by atoms with Gasteiger partial charge >= 0.3 is 6.18 Å². The number of rotatable bonds is 8. The van der Waals surface area contributed by atoms with Gasteiger partial charge in [0, 0.05) is 18.4 Å². The molecular formula is C15H17Cl2F4NO2. The van der Waals surface area contributed by atoms with E-state index < -0.39 is 37.2 Å². The minimum atomic E-state index is -4.50. The number of halogens is 6. The van der Waals surface area contributed by atoms with Gasteiger partial charge in [-0.3, -0.25) is 4.79 Å². The van der Waals surface area contributed by atoms with E-state index in [0.29, 0.717) is 5.75 Å². The van der Waals surface area contributed by atoms with Crippen LogP contribution in [0, 0.1) is 5.92 Å². The lowest BCUT2D eigenvalue weighted by Crippen LogP contribution is -2.28. The average Bonchev–Trinajstić information content (AvgIpc) is 2.48. The van der Waals surface area contributed by atoms with Gasteiger partial charge in [0.25, 0.3) is 0 Å². The Morgan fingerprint density at radius 1 is 1.38 bits per heavy atom. The molecule has 0 aliphatic rings. The van der Waals surface area contributed by atoms with E-state index in [2.05, 4.69) is 5.32 Å². The van der Waals surface area contributed by atoms with Crippen LogP contribution in [0.1, 0.15) is 19.8 Å². The lowest BCUT2D eigenvalue weighted by atomic mass is 10.0. The fourth-order valence-corrected chi connectivity index (χ4v) is 2.35. The molecule has 0 aliphatic carbocycles. The van der Waals surface area contributed by atoms with Gasteiger partial charge in [0.15, 0.2) is 0 Å². The van der Waals surface area contributed by atoms with E-state index in [1.54, 1.807) is 0 Å². The van der Waals surface area contributed by atoms with Gasteiger partial charge in [0.1, 0.15) is 18.5 Å². The molecule has 2 unspecified atom stereocenters. The molecule has 0 fully saturated rings. The highest BCUT2D eigenvalue weighted by atomic mass is 35.5. The van der Waals surface area contributed by atoms with Gasteiger partial charge < -0.3 is 10.1 Å². The number of benzene rings is 1. The number of ether oxygens (including phenoxy) is 1. The normalized spacial score (nSPS) is 14.1. The first-order valence-electron chi connectivity index (χ1n) is 7.12. The number of nitrogens with one attached hydrogen (secondary N) is 1. The van der Waals surface area contributed by atoms with Crippen molar-refractivity contribution in [1.29, 1.82) is 0 Å². The number of hydrogen-bond donors (Lipinski definition) is 1. The van der Waals surface area contributed by atoms with Crippen molar-refractivity contribution in [3.8, 4) is 5.75 Å². The van der Waals surface area contributed by atoms with Crippen molar-refractivity contribution in [2.75, 3.05) is 17.9 Å². The van der Waals surface area contributed by atoms with Crippen LogP contribution in [-0.2, 0) is 4.79 Å². The van der Waals surface area contributed by atoms with Crippen LogP contribution in [0.25, 0.3) is 0 Å². The number of amides is 1. The summed E-state index contributed by atoms with van der Waals surface area (Å²) in [5.74, 6) is -2.55. The Morgan fingerprint density at radius 2 is 2.04 bits per heavy atom. The monoisotopic (exact) mass is 389 g/mol. The molecule has 0 aliphatic heterocycles. The zero-order chi connectivity index (χ0) is 18.3. The highest BCUT2D eigenvalue weighted by Gasteiger charge is 2.40. The third kappa shape index (κ3) is 6.73. The van der Waals surface area contributed by atoms with Crippen molar-refractivity contribution in [2.45, 2.75) is 32.0 Å². The molecule has 0 saturated carbocycles. The topological polar surface area (TPSA) is 38.3 Å². The predicted octanol–water partition coefficient (Wildman–Crippen LogP) is 5.21. The van der Waals surface area contributed by atoms with Gasteiger partial charge in [0.05, 0.1) is 16.6 Å². The number of carbonyl (C=O) groups is 1. The van der Waals surface area contributed by atoms with Gasteiger partial charge in [-0.1, -0.05) is 11.6 Å². The molecule has 1 rings (SSSR count). The molecule has 0 saturated heterocycles. The van der Waals surface area contributed by atoms with Crippen LogP contribution in [-0.4, -0.2) is 30.7 Å². The van der Waals surface area contributed by atoms with E-state index in [1.165, 1.54) is 25.1 Å². The Bertz CT molecular complexity index is 555. The molecule has 1 aromatic carbocycles. The van der Waals surface area contributed by atoms with Crippen LogP contribution in [0.5, 0.6) is 5.75 Å². The van der Waals surface area contributed by atoms with E-state index in [-0.39, 0.29) is 23.0 Å². The van der Waals surface area contributed by atoms with Gasteiger partial charge in [-0.15, -0.1) is 11.6 Å². The summed E-state index contributed by atoms with van der Waals surface area (Å²) in [6, 6.07) is 4.17. The summed E-state index contributed by atoms with van der Waals surface area (Å²) in [5.41, 5.74) is 0.147. The SMILES string of the molecule is CC(CF)Oc1ccc(NC(=O)CC(CCCl)C(F)(F)F)c(Cl)c1. The maximum Gasteiger partial charge on any atom is 0.392 e. The second kappa shape index (κ2) is 9.32. The zero-order valence-corrected chi connectivity index (χ0v) is 14.3. The quantitative estimate of drug-likeness (QED) is 0.489. The van der Waals surface area contributed by atoms with Crippen LogP contribution in [0.3, 0.4) is 0 Å². The predicted molar refractivity (Wildman–Crippen MR) is 85.6 cm³/mol. The summed E-state index contributed by atoms with van der Waals surface area (Å²) < 4.78 is 55.9. The van der Waals surface area contributed by atoms with E-state index in [9.17, 15) is 22.4 Å². The third-order valence-electron chi connectivity index (χ3n) is 3.12. The summed E-state index contributed by atoms with van der Waals surface area (Å²) in [6.07, 6.45) is -6.26. The lowest BCUT2D eigenvalue weighted by Gasteiger charge is -2.19. The smallest absolute Gasteiger partial charge is 0.392 e. The van der Waals surface area contributed by atoms with Crippen molar-refractivity contribution in [2.24, 2.45) is 5.92 Å². The molecule has 136 valence electrons. The van der Waals surface area contributed by atoms with Crippen LogP contribution in [0.15, 0.2) is 18.2 Å². The van der Waals surface area contributed by atoms with Crippen molar-refractivity contribution in [3.05, 3.63) is 23.2 Å². The van der Waals surface area contributed by atoms with Crippen LogP contribution < -0.4 is 10.1 Å². The Labute approximate surface area is 147 Å². The first-order valence-corrected chi connectivity index (χ1v) is 8.03. The van der Waals surface area contributed by atoms with E-state index in [1.807, 2.05) is 0 Å². The maximum absolute atomic E-state index is 12.8. The summed E-state index contributed by atoms with van der Waals surface area (Å²) in [5, 5.41) is 2.40. The fraction of sp³-hybridized carbons (Fsp3) is 0.533. The molecule has 1 aromatic rings. The molecule has 1 N–H and O–H groups in total. The van der Waals surface area contributed by atoms with Gasteiger partial charge in [-0.25, -0.2) is 4.39 Å². The van der Waals surface area contributed by atoms with Gasteiger partial charge in [0.2, 0.25) is 5.91 Å². The van der Waals surface area contributed by atoms with Crippen molar-refractivity contribution >= 4 is 34.8 Å². The van der Waals surface area contributed by atoms with Crippen molar-refractivity contribution in [3.63, 3.8) is 0 Å². The van der Waals surface area contributed by atoms with Gasteiger partial charge in [-0.2, -0.15) is 13.2 Å². The van der Waals surface area contributed by atoms with E-state index in [4.69, 9.17) is 27.9 Å². The Balaban J connectivity index is 2.73. The Morgan fingerprint density at radius 3 is 2.54 bits per heavy atom. The molecule has 0 radical (unpaired) electrons. The average molecular weight is 390 g/mol. The van der Waals surface area contributed by atoms with Crippen LogP contribution in [0.4, 0.5) is 23.2 Å². The van der Waals surface area contributed by atoms with E-state index >= 15 is 0 Å². The molecule has 0 heterocycles. The van der Waals surface area contributed by atoms with Crippen molar-refractivity contribution < 1.29 is 27.1 Å². The highest BCUT2D eigenvalue weighted by Crippen LogP contribution is 2.33. The van der Waals surface area contributed by atoms with E-state index in [0.717, 1.165) is 0 Å². The highest BCUT2D eigenvalue weighted by molar-refractivity contribution is 6.33. The van der Waals surface area contributed by atoms with Gasteiger partial charge in [-0.05, 0) is 25.5 Å². The number of hydrogen-bond acceptors (Lipinski definition) is 2.